The Bertz CT molecular complexity index is 394. The second kappa shape index (κ2) is 6.24. The lowest BCUT2D eigenvalue weighted by atomic mass is 10.0. The molecule has 0 aromatic carbocycles. The first kappa shape index (κ1) is 14.1. The minimum Gasteiger partial charge on any atom is -0.467 e. The Kier molecular flexibility index (Phi) is 4.64. The number of nitrogens with zero attached hydrogens (tertiary/aromatic N) is 1. The molecule has 1 aliphatic rings. The molecule has 1 fully saturated rings. The standard InChI is InChI=1S/C15H24N2O2/c1-11(2)14(16)15(18)17(12-6-3-4-7-12)10-13-8-5-9-19-13/h5,8-9,11-12,14H,3-4,6-7,10,16H2,1-2H3. The Morgan fingerprint density at radius 3 is 2.68 bits per heavy atom. The van der Waals surface area contributed by atoms with Crippen LogP contribution in [-0.4, -0.2) is 22.9 Å². The summed E-state index contributed by atoms with van der Waals surface area (Å²) >= 11 is 0. The largest absolute Gasteiger partial charge is 0.467 e. The van der Waals surface area contributed by atoms with Gasteiger partial charge in [-0.05, 0) is 30.9 Å². The van der Waals surface area contributed by atoms with Crippen LogP contribution in [0, 0.1) is 5.92 Å². The molecule has 4 heteroatoms. The van der Waals surface area contributed by atoms with Crippen molar-refractivity contribution < 1.29 is 9.21 Å². The molecule has 1 aromatic heterocycles. The molecule has 1 heterocycles. The number of rotatable bonds is 5. The van der Waals surface area contributed by atoms with E-state index in [1.54, 1.807) is 6.26 Å². The van der Waals surface area contributed by atoms with E-state index in [0.29, 0.717) is 12.6 Å². The van der Waals surface area contributed by atoms with Gasteiger partial charge in [-0.2, -0.15) is 0 Å². The molecule has 4 nitrogen and oxygen atoms in total. The Morgan fingerprint density at radius 2 is 2.16 bits per heavy atom. The van der Waals surface area contributed by atoms with Gasteiger partial charge in [0.05, 0.1) is 18.8 Å². The molecule has 0 saturated heterocycles. The summed E-state index contributed by atoms with van der Waals surface area (Å²) in [4.78, 5) is 14.5. The van der Waals surface area contributed by atoms with E-state index in [1.807, 2.05) is 30.9 Å². The molecule has 1 amide bonds. The smallest absolute Gasteiger partial charge is 0.240 e. The topological polar surface area (TPSA) is 59.5 Å². The van der Waals surface area contributed by atoms with Crippen molar-refractivity contribution >= 4 is 5.91 Å². The molecule has 1 aliphatic carbocycles. The normalized spacial score (nSPS) is 17.9. The summed E-state index contributed by atoms with van der Waals surface area (Å²) in [6.45, 7) is 4.52. The minimum absolute atomic E-state index is 0.0540. The predicted octanol–water partition coefficient (Wildman–Crippen LogP) is 2.53. The Morgan fingerprint density at radius 1 is 1.47 bits per heavy atom. The van der Waals surface area contributed by atoms with E-state index in [4.69, 9.17) is 10.2 Å². The van der Waals surface area contributed by atoms with E-state index < -0.39 is 6.04 Å². The van der Waals surface area contributed by atoms with E-state index in [1.165, 1.54) is 12.8 Å². The van der Waals surface area contributed by atoms with E-state index in [0.717, 1.165) is 18.6 Å². The molecule has 1 unspecified atom stereocenters. The number of carbonyl (C=O) groups is 1. The Hall–Kier alpha value is -1.29. The number of nitrogens with two attached hydrogens (primary N) is 1. The summed E-state index contributed by atoms with van der Waals surface area (Å²) in [5.74, 6) is 1.04. The van der Waals surface area contributed by atoms with Crippen LogP contribution in [0.2, 0.25) is 0 Å². The van der Waals surface area contributed by atoms with Crippen molar-refractivity contribution in [3.63, 3.8) is 0 Å². The van der Waals surface area contributed by atoms with Crippen LogP contribution in [0.5, 0.6) is 0 Å². The molecular weight excluding hydrogens is 240 g/mol. The monoisotopic (exact) mass is 264 g/mol. The van der Waals surface area contributed by atoms with Crippen LogP contribution in [0.1, 0.15) is 45.3 Å². The summed E-state index contributed by atoms with van der Waals surface area (Å²) in [6.07, 6.45) is 6.20. The summed E-state index contributed by atoms with van der Waals surface area (Å²) in [5, 5.41) is 0. The van der Waals surface area contributed by atoms with Gasteiger partial charge in [-0.1, -0.05) is 26.7 Å². The number of furan rings is 1. The molecule has 2 rings (SSSR count). The molecule has 1 aromatic rings. The predicted molar refractivity (Wildman–Crippen MR) is 74.3 cm³/mol. The average molecular weight is 264 g/mol. The average Bonchev–Trinajstić information content (AvgIpc) is 3.06. The fourth-order valence-corrected chi connectivity index (χ4v) is 2.65. The summed E-state index contributed by atoms with van der Waals surface area (Å²) in [7, 11) is 0. The lowest BCUT2D eigenvalue weighted by molar-refractivity contribution is -0.136. The van der Waals surface area contributed by atoms with Gasteiger partial charge >= 0.3 is 0 Å². The Balaban J connectivity index is 2.11. The highest BCUT2D eigenvalue weighted by atomic mass is 16.3. The second-order valence-corrected chi connectivity index (χ2v) is 5.75. The first-order valence-corrected chi connectivity index (χ1v) is 7.18. The molecule has 19 heavy (non-hydrogen) atoms. The van der Waals surface area contributed by atoms with E-state index in [2.05, 4.69) is 0 Å². The molecular formula is C15H24N2O2. The van der Waals surface area contributed by atoms with Gasteiger partial charge in [0.15, 0.2) is 0 Å². The maximum Gasteiger partial charge on any atom is 0.240 e. The third-order valence-electron chi connectivity index (χ3n) is 3.96. The van der Waals surface area contributed by atoms with Crippen molar-refractivity contribution in [2.45, 2.75) is 58.2 Å². The van der Waals surface area contributed by atoms with Gasteiger partial charge in [-0.15, -0.1) is 0 Å². The summed E-state index contributed by atoms with van der Waals surface area (Å²) < 4.78 is 5.38. The highest BCUT2D eigenvalue weighted by Crippen LogP contribution is 2.26. The van der Waals surface area contributed by atoms with Gasteiger partial charge in [-0.3, -0.25) is 4.79 Å². The van der Waals surface area contributed by atoms with E-state index >= 15 is 0 Å². The minimum atomic E-state index is -0.421. The zero-order chi connectivity index (χ0) is 13.8. The fourth-order valence-electron chi connectivity index (χ4n) is 2.65. The van der Waals surface area contributed by atoms with Gasteiger partial charge < -0.3 is 15.1 Å². The number of amides is 1. The molecule has 2 N–H and O–H groups in total. The van der Waals surface area contributed by atoms with Crippen LogP contribution < -0.4 is 5.73 Å². The maximum absolute atomic E-state index is 12.6. The number of hydrogen-bond donors (Lipinski definition) is 1. The van der Waals surface area contributed by atoms with Crippen LogP contribution in [0.4, 0.5) is 0 Å². The van der Waals surface area contributed by atoms with Crippen molar-refractivity contribution in [1.82, 2.24) is 4.90 Å². The van der Waals surface area contributed by atoms with Crippen molar-refractivity contribution in [2.24, 2.45) is 11.7 Å². The quantitative estimate of drug-likeness (QED) is 0.889. The van der Waals surface area contributed by atoms with Crippen molar-refractivity contribution in [1.29, 1.82) is 0 Å². The van der Waals surface area contributed by atoms with Crippen molar-refractivity contribution in [2.75, 3.05) is 0 Å². The highest BCUT2D eigenvalue weighted by Gasteiger charge is 2.31. The van der Waals surface area contributed by atoms with Crippen LogP contribution in [0.15, 0.2) is 22.8 Å². The van der Waals surface area contributed by atoms with Gasteiger partial charge in [0.25, 0.3) is 0 Å². The zero-order valence-corrected chi connectivity index (χ0v) is 11.8. The SMILES string of the molecule is CC(C)C(N)C(=O)N(Cc1ccco1)C1CCCC1. The first-order chi connectivity index (χ1) is 9.09. The lowest BCUT2D eigenvalue weighted by Gasteiger charge is -2.31. The van der Waals surface area contributed by atoms with Gasteiger partial charge in [0.1, 0.15) is 5.76 Å². The van der Waals surface area contributed by atoms with Crippen LogP contribution in [0.3, 0.4) is 0 Å². The van der Waals surface area contributed by atoms with Gasteiger partial charge in [0.2, 0.25) is 5.91 Å². The van der Waals surface area contributed by atoms with Gasteiger partial charge in [0, 0.05) is 6.04 Å². The molecule has 0 spiro atoms. The Labute approximate surface area is 114 Å². The summed E-state index contributed by atoms with van der Waals surface area (Å²) in [5.41, 5.74) is 6.04. The molecule has 0 aliphatic heterocycles. The highest BCUT2D eigenvalue weighted by molar-refractivity contribution is 5.82. The molecule has 1 saturated carbocycles. The molecule has 1 atom stereocenters. The molecule has 0 radical (unpaired) electrons. The van der Waals surface area contributed by atoms with Crippen LogP contribution in [0.25, 0.3) is 0 Å². The number of carbonyl (C=O) groups excluding carboxylic acids is 1. The first-order valence-electron chi connectivity index (χ1n) is 7.18. The lowest BCUT2D eigenvalue weighted by Crippen LogP contribution is -2.49. The van der Waals surface area contributed by atoms with E-state index in [-0.39, 0.29) is 11.8 Å². The second-order valence-electron chi connectivity index (χ2n) is 5.75. The zero-order valence-electron chi connectivity index (χ0n) is 11.8. The van der Waals surface area contributed by atoms with E-state index in [9.17, 15) is 4.79 Å². The fraction of sp³-hybridized carbons (Fsp3) is 0.667. The van der Waals surface area contributed by atoms with Crippen molar-refractivity contribution in [3.8, 4) is 0 Å². The summed E-state index contributed by atoms with van der Waals surface area (Å²) in [6, 6.07) is 3.67. The molecule has 0 bridgehead atoms. The van der Waals surface area contributed by atoms with Crippen molar-refractivity contribution in [3.05, 3.63) is 24.2 Å². The maximum atomic E-state index is 12.6. The third-order valence-corrected chi connectivity index (χ3v) is 3.96. The number of hydrogen-bond acceptors (Lipinski definition) is 3. The van der Waals surface area contributed by atoms with Crippen LogP contribution >= 0.6 is 0 Å². The van der Waals surface area contributed by atoms with Gasteiger partial charge in [-0.25, -0.2) is 0 Å². The molecule has 106 valence electrons. The van der Waals surface area contributed by atoms with Crippen LogP contribution in [-0.2, 0) is 11.3 Å². The third kappa shape index (κ3) is 3.38.